The molecule has 4 rings (SSSR count). The van der Waals surface area contributed by atoms with E-state index >= 15 is 0 Å². The minimum atomic E-state index is -0.682. The maximum atomic E-state index is 12.4. The second-order valence-electron chi connectivity index (χ2n) is 7.63. The van der Waals surface area contributed by atoms with Crippen LogP contribution < -0.4 is 10.4 Å². The molecule has 0 aliphatic carbocycles. The lowest BCUT2D eigenvalue weighted by molar-refractivity contribution is -0.161. The van der Waals surface area contributed by atoms with Crippen molar-refractivity contribution in [1.29, 1.82) is 0 Å². The summed E-state index contributed by atoms with van der Waals surface area (Å²) >= 11 is 0. The van der Waals surface area contributed by atoms with Crippen LogP contribution in [0.3, 0.4) is 0 Å². The second-order valence-corrected chi connectivity index (χ2v) is 7.63. The van der Waals surface area contributed by atoms with Crippen LogP contribution in [0.4, 0.5) is 0 Å². The van der Waals surface area contributed by atoms with Crippen molar-refractivity contribution in [2.75, 3.05) is 0 Å². The Kier molecular flexibility index (Phi) is 4.67. The zero-order valence-electron chi connectivity index (χ0n) is 15.9. The Hall–Kier alpha value is -3.08. The molecule has 144 valence electrons. The minimum Gasteiger partial charge on any atom is -0.484 e. The lowest BCUT2D eigenvalue weighted by Gasteiger charge is -2.39. The fourth-order valence-electron chi connectivity index (χ4n) is 3.49. The molecule has 5 heteroatoms. The van der Waals surface area contributed by atoms with Crippen molar-refractivity contribution in [1.82, 2.24) is 0 Å². The van der Waals surface area contributed by atoms with Gasteiger partial charge in [0.15, 0.2) is 0 Å². The normalized spacial score (nSPS) is 17.6. The van der Waals surface area contributed by atoms with Gasteiger partial charge in [0.2, 0.25) is 0 Å². The van der Waals surface area contributed by atoms with Crippen LogP contribution in [0.25, 0.3) is 11.0 Å². The Labute approximate surface area is 162 Å². The first-order valence-electron chi connectivity index (χ1n) is 9.40. The van der Waals surface area contributed by atoms with Crippen LogP contribution in [-0.4, -0.2) is 17.7 Å². The van der Waals surface area contributed by atoms with Gasteiger partial charge in [-0.25, -0.2) is 4.79 Å². The van der Waals surface area contributed by atoms with Crippen LogP contribution in [-0.2, 0) is 22.4 Å². The summed E-state index contributed by atoms with van der Waals surface area (Å²) in [6, 6.07) is 16.7. The van der Waals surface area contributed by atoms with Crippen LogP contribution in [0.1, 0.15) is 31.4 Å². The highest BCUT2D eigenvalue weighted by Gasteiger charge is 2.40. The zero-order valence-corrected chi connectivity index (χ0v) is 15.9. The van der Waals surface area contributed by atoms with Crippen LogP contribution in [0.2, 0.25) is 0 Å². The molecule has 1 atom stereocenters. The van der Waals surface area contributed by atoms with Crippen LogP contribution in [0, 0.1) is 0 Å². The van der Waals surface area contributed by atoms with Gasteiger partial charge in [-0.3, -0.25) is 4.79 Å². The Morgan fingerprint density at radius 1 is 1.14 bits per heavy atom. The summed E-state index contributed by atoms with van der Waals surface area (Å²) in [6.07, 6.45) is 1.13. The van der Waals surface area contributed by atoms with Gasteiger partial charge in [0.25, 0.3) is 0 Å². The summed E-state index contributed by atoms with van der Waals surface area (Å²) in [5, 5.41) is 0.816. The van der Waals surface area contributed by atoms with Gasteiger partial charge in [0, 0.05) is 30.4 Å². The van der Waals surface area contributed by atoms with Crippen molar-refractivity contribution in [3.63, 3.8) is 0 Å². The van der Waals surface area contributed by atoms with E-state index in [1.807, 2.05) is 50.2 Å². The summed E-state index contributed by atoms with van der Waals surface area (Å²) in [5.74, 6) is 0.421. The maximum Gasteiger partial charge on any atom is 0.336 e. The molecule has 2 heterocycles. The minimum absolute atomic E-state index is 0.235. The Bertz CT molecular complexity index is 1070. The lowest BCUT2D eigenvalue weighted by Crippen LogP contribution is -2.48. The monoisotopic (exact) mass is 378 g/mol. The topological polar surface area (TPSA) is 65.7 Å². The number of fused-ring (bicyclic) bond motifs is 2. The highest BCUT2D eigenvalue weighted by molar-refractivity contribution is 5.79. The molecule has 5 nitrogen and oxygen atoms in total. The molecule has 0 radical (unpaired) electrons. The van der Waals surface area contributed by atoms with E-state index in [1.165, 1.54) is 6.07 Å². The predicted molar refractivity (Wildman–Crippen MR) is 106 cm³/mol. The molecule has 1 aliphatic heterocycles. The molecule has 28 heavy (non-hydrogen) atoms. The third-order valence-electron chi connectivity index (χ3n) is 5.09. The van der Waals surface area contributed by atoms with Crippen molar-refractivity contribution < 1.29 is 18.7 Å². The number of carbonyl (C=O) groups excluding carboxylic acids is 1. The molecule has 3 aromatic rings. The summed E-state index contributed by atoms with van der Waals surface area (Å²) < 4.78 is 17.1. The number of hydrogen-bond donors (Lipinski definition) is 0. The van der Waals surface area contributed by atoms with Gasteiger partial charge in [-0.15, -0.1) is 0 Å². The fourth-order valence-corrected chi connectivity index (χ4v) is 3.49. The number of carbonyl (C=O) groups is 1. The molecule has 2 aromatic carbocycles. The summed E-state index contributed by atoms with van der Waals surface area (Å²) in [6.45, 7) is 3.80. The van der Waals surface area contributed by atoms with Crippen LogP contribution in [0.5, 0.6) is 5.75 Å². The van der Waals surface area contributed by atoms with E-state index in [0.29, 0.717) is 30.6 Å². The van der Waals surface area contributed by atoms with Crippen molar-refractivity contribution in [3.8, 4) is 5.75 Å². The van der Waals surface area contributed by atoms with E-state index in [4.69, 9.17) is 13.9 Å². The van der Waals surface area contributed by atoms with Crippen molar-refractivity contribution in [2.24, 2.45) is 0 Å². The van der Waals surface area contributed by atoms with Gasteiger partial charge in [-0.05, 0) is 43.5 Å². The highest BCUT2D eigenvalue weighted by Crippen LogP contribution is 2.37. The first-order valence-corrected chi connectivity index (χ1v) is 9.40. The number of esters is 1. The average Bonchev–Trinajstić information content (AvgIpc) is 2.66. The van der Waals surface area contributed by atoms with E-state index in [1.54, 1.807) is 12.1 Å². The van der Waals surface area contributed by atoms with E-state index in [9.17, 15) is 9.59 Å². The summed E-state index contributed by atoms with van der Waals surface area (Å²) in [7, 11) is 0. The predicted octanol–water partition coefficient (Wildman–Crippen LogP) is 4.05. The van der Waals surface area contributed by atoms with Gasteiger partial charge in [0.1, 0.15) is 23.0 Å². The molecule has 0 fully saturated rings. The smallest absolute Gasteiger partial charge is 0.336 e. The number of ether oxygens (including phenoxy) is 2. The highest BCUT2D eigenvalue weighted by atomic mass is 16.6. The first-order chi connectivity index (χ1) is 13.4. The first kappa shape index (κ1) is 18.3. The number of benzene rings is 2. The Morgan fingerprint density at radius 2 is 1.93 bits per heavy atom. The number of aryl methyl sites for hydroxylation is 1. The van der Waals surface area contributed by atoms with Crippen LogP contribution >= 0.6 is 0 Å². The quantitative estimate of drug-likeness (QED) is 0.506. The second kappa shape index (κ2) is 7.15. The van der Waals surface area contributed by atoms with Crippen LogP contribution in [0.15, 0.2) is 63.8 Å². The molecule has 0 saturated heterocycles. The third kappa shape index (κ3) is 3.79. The molecule has 0 unspecified atom stereocenters. The van der Waals surface area contributed by atoms with Gasteiger partial charge < -0.3 is 13.9 Å². The molecule has 0 saturated carbocycles. The van der Waals surface area contributed by atoms with Gasteiger partial charge >= 0.3 is 11.6 Å². The van der Waals surface area contributed by atoms with Gasteiger partial charge in [-0.1, -0.05) is 30.3 Å². The molecule has 0 amide bonds. The van der Waals surface area contributed by atoms with Crippen molar-refractivity contribution >= 4 is 16.9 Å². The summed E-state index contributed by atoms with van der Waals surface area (Å²) in [4.78, 5) is 23.9. The standard InChI is InChI=1S/C23H22O5/c1-23(2)20(27-22(25)10-8-15-6-4-3-5-7-15)13-17-12-16-9-11-21(24)26-18(16)14-19(17)28-23/h3-7,9,11-12,14,20H,8,10,13H2,1-2H3/t20-/m0/s1. The average molecular weight is 378 g/mol. The number of hydrogen-bond acceptors (Lipinski definition) is 5. The van der Waals surface area contributed by atoms with E-state index in [-0.39, 0.29) is 5.97 Å². The third-order valence-corrected chi connectivity index (χ3v) is 5.09. The number of rotatable bonds is 4. The Balaban J connectivity index is 1.50. The molecule has 0 spiro atoms. The van der Waals surface area contributed by atoms with Gasteiger partial charge in [-0.2, -0.15) is 0 Å². The maximum absolute atomic E-state index is 12.4. The SMILES string of the molecule is CC1(C)Oc2cc3oc(=O)ccc3cc2C[C@@H]1OC(=O)CCc1ccccc1. The Morgan fingerprint density at radius 3 is 2.71 bits per heavy atom. The molecular formula is C23H22O5. The molecule has 0 N–H and O–H groups in total. The molecule has 1 aromatic heterocycles. The van der Waals surface area contributed by atoms with Gasteiger partial charge in [0.05, 0.1) is 0 Å². The van der Waals surface area contributed by atoms with Crippen molar-refractivity contribution in [3.05, 3.63) is 76.1 Å². The lowest BCUT2D eigenvalue weighted by atomic mass is 9.90. The molecule has 0 bridgehead atoms. The van der Waals surface area contributed by atoms with Crippen molar-refractivity contribution in [2.45, 2.75) is 44.8 Å². The van der Waals surface area contributed by atoms with E-state index in [2.05, 4.69) is 0 Å². The van der Waals surface area contributed by atoms with E-state index in [0.717, 1.165) is 16.5 Å². The largest absolute Gasteiger partial charge is 0.484 e. The molecular weight excluding hydrogens is 356 g/mol. The molecule has 1 aliphatic rings. The zero-order chi connectivity index (χ0) is 19.7. The van der Waals surface area contributed by atoms with E-state index < -0.39 is 17.3 Å². The fraction of sp³-hybridized carbons (Fsp3) is 0.304. The summed E-state index contributed by atoms with van der Waals surface area (Å²) in [5.41, 5.74) is 1.45.